The van der Waals surface area contributed by atoms with Crippen molar-refractivity contribution < 1.29 is 8.42 Å². The highest BCUT2D eigenvalue weighted by Crippen LogP contribution is 2.23. The van der Waals surface area contributed by atoms with Crippen LogP contribution in [0.15, 0.2) is 53.7 Å². The average molecular weight is 311 g/mol. The maximum Gasteiger partial charge on any atom is 0.241 e. The number of nitrogens with one attached hydrogen (secondary N) is 1. The van der Waals surface area contributed by atoms with Crippen LogP contribution in [0.5, 0.6) is 0 Å². The van der Waals surface area contributed by atoms with E-state index < -0.39 is 15.6 Å². The van der Waals surface area contributed by atoms with Crippen molar-refractivity contribution in [2.45, 2.75) is 24.3 Å². The summed E-state index contributed by atoms with van der Waals surface area (Å²) in [7, 11) is -3.62. The molecule has 4 nitrogen and oxygen atoms in total. The minimum Gasteiger partial charge on any atom is -0.264 e. The fourth-order valence-electron chi connectivity index (χ4n) is 1.80. The van der Waals surface area contributed by atoms with Crippen molar-refractivity contribution >= 4 is 21.6 Å². The van der Waals surface area contributed by atoms with Gasteiger partial charge in [-0.3, -0.25) is 4.98 Å². The second-order valence-electron chi connectivity index (χ2n) is 4.93. The second-order valence-corrected chi connectivity index (χ2v) is 7.04. The van der Waals surface area contributed by atoms with Crippen LogP contribution in [0.1, 0.15) is 19.4 Å². The number of rotatable bonds is 4. The molecule has 0 saturated carbocycles. The smallest absolute Gasteiger partial charge is 0.241 e. The average Bonchev–Trinajstić information content (AvgIpc) is 2.39. The minimum atomic E-state index is -3.62. The summed E-state index contributed by atoms with van der Waals surface area (Å²) in [5.74, 6) is 0. The van der Waals surface area contributed by atoms with Crippen molar-refractivity contribution in [3.05, 3.63) is 59.4 Å². The van der Waals surface area contributed by atoms with E-state index in [4.69, 9.17) is 11.6 Å². The van der Waals surface area contributed by atoms with Crippen LogP contribution in [0.2, 0.25) is 5.02 Å². The van der Waals surface area contributed by atoms with Gasteiger partial charge in [0.15, 0.2) is 0 Å². The van der Waals surface area contributed by atoms with Gasteiger partial charge in [-0.2, -0.15) is 0 Å². The molecule has 6 heteroatoms. The van der Waals surface area contributed by atoms with Gasteiger partial charge in [-0.05, 0) is 49.7 Å². The quantitative estimate of drug-likeness (QED) is 0.944. The molecule has 0 aliphatic rings. The van der Waals surface area contributed by atoms with Gasteiger partial charge < -0.3 is 0 Å². The predicted molar refractivity (Wildman–Crippen MR) is 79.0 cm³/mol. The summed E-state index contributed by atoms with van der Waals surface area (Å²) < 4.78 is 27.4. The van der Waals surface area contributed by atoms with Crippen molar-refractivity contribution in [3.8, 4) is 0 Å². The molecule has 2 aromatic rings. The monoisotopic (exact) mass is 310 g/mol. The van der Waals surface area contributed by atoms with Crippen LogP contribution in [0.25, 0.3) is 0 Å². The van der Waals surface area contributed by atoms with Gasteiger partial charge in [0, 0.05) is 17.4 Å². The largest absolute Gasteiger partial charge is 0.264 e. The van der Waals surface area contributed by atoms with Crippen LogP contribution in [0, 0.1) is 0 Å². The maximum atomic E-state index is 12.4. The molecule has 20 heavy (non-hydrogen) atoms. The summed E-state index contributed by atoms with van der Waals surface area (Å²) in [5, 5.41) is 0.496. The summed E-state index contributed by atoms with van der Waals surface area (Å²) in [5.41, 5.74) is 0.0322. The van der Waals surface area contributed by atoms with Gasteiger partial charge in [0.1, 0.15) is 0 Å². The third kappa shape index (κ3) is 3.36. The minimum absolute atomic E-state index is 0.180. The maximum absolute atomic E-state index is 12.4. The number of sulfonamides is 1. The zero-order chi connectivity index (χ0) is 14.8. The second kappa shape index (κ2) is 5.52. The summed E-state index contributed by atoms with van der Waals surface area (Å²) in [6, 6.07) is 9.65. The molecule has 2 rings (SSSR count). The molecule has 0 unspecified atom stereocenters. The lowest BCUT2D eigenvalue weighted by molar-refractivity contribution is 0.470. The summed E-state index contributed by atoms with van der Waals surface area (Å²) in [4.78, 5) is 4.19. The lowest BCUT2D eigenvalue weighted by atomic mass is 9.98. The van der Waals surface area contributed by atoms with Crippen LogP contribution in [-0.4, -0.2) is 13.4 Å². The molecule has 1 aromatic heterocycles. The van der Waals surface area contributed by atoms with E-state index in [0.717, 1.165) is 5.56 Å². The Balaban J connectivity index is 2.30. The van der Waals surface area contributed by atoms with E-state index in [1.165, 1.54) is 12.1 Å². The van der Waals surface area contributed by atoms with Crippen LogP contribution in [0.3, 0.4) is 0 Å². The van der Waals surface area contributed by atoms with Gasteiger partial charge in [-0.15, -0.1) is 0 Å². The highest BCUT2D eigenvalue weighted by Gasteiger charge is 2.27. The Morgan fingerprint density at radius 1 is 1.15 bits per heavy atom. The van der Waals surface area contributed by atoms with Crippen LogP contribution in [0.4, 0.5) is 0 Å². The Morgan fingerprint density at radius 3 is 2.35 bits per heavy atom. The molecule has 1 N–H and O–H groups in total. The first-order valence-electron chi connectivity index (χ1n) is 6.01. The van der Waals surface area contributed by atoms with Crippen LogP contribution in [-0.2, 0) is 15.6 Å². The zero-order valence-electron chi connectivity index (χ0n) is 11.2. The number of hydrogen-bond donors (Lipinski definition) is 1. The molecule has 1 aromatic carbocycles. The van der Waals surface area contributed by atoms with Crippen molar-refractivity contribution in [1.29, 1.82) is 0 Å². The molecule has 0 saturated heterocycles. The van der Waals surface area contributed by atoms with E-state index in [9.17, 15) is 8.42 Å². The normalized spacial score (nSPS) is 12.3. The Labute approximate surface area is 123 Å². The third-order valence-electron chi connectivity index (χ3n) is 2.90. The lowest BCUT2D eigenvalue weighted by Gasteiger charge is -2.26. The molecule has 0 fully saturated rings. The standard InChI is InChI=1S/C14H15ClN2O2S/c1-14(2,11-4-3-9-16-10-11)17-20(18,19)13-7-5-12(15)6-8-13/h3-10,17H,1-2H3. The van der Waals surface area contributed by atoms with Gasteiger partial charge >= 0.3 is 0 Å². The number of aromatic nitrogens is 1. The van der Waals surface area contributed by atoms with Gasteiger partial charge in [-0.25, -0.2) is 13.1 Å². The first-order chi connectivity index (χ1) is 9.31. The molecule has 0 radical (unpaired) electrons. The topological polar surface area (TPSA) is 59.1 Å². The number of hydrogen-bond acceptors (Lipinski definition) is 3. The van der Waals surface area contributed by atoms with E-state index in [1.54, 1.807) is 44.4 Å². The first kappa shape index (κ1) is 15.0. The van der Waals surface area contributed by atoms with Crippen molar-refractivity contribution in [2.24, 2.45) is 0 Å². The zero-order valence-corrected chi connectivity index (χ0v) is 12.7. The Hall–Kier alpha value is -1.43. The van der Waals surface area contributed by atoms with E-state index in [2.05, 4.69) is 9.71 Å². The van der Waals surface area contributed by atoms with E-state index >= 15 is 0 Å². The molecule has 0 spiro atoms. The fourth-order valence-corrected chi connectivity index (χ4v) is 3.33. The molecular weight excluding hydrogens is 296 g/mol. The van der Waals surface area contributed by atoms with Gasteiger partial charge in [-0.1, -0.05) is 17.7 Å². The number of halogens is 1. The van der Waals surface area contributed by atoms with Gasteiger partial charge in [0.2, 0.25) is 10.0 Å². The number of benzene rings is 1. The molecule has 106 valence electrons. The molecule has 0 amide bonds. The highest BCUT2D eigenvalue weighted by atomic mass is 35.5. The van der Waals surface area contributed by atoms with E-state index in [1.807, 2.05) is 6.07 Å². The molecule has 0 aliphatic carbocycles. The number of pyridine rings is 1. The fraction of sp³-hybridized carbons (Fsp3) is 0.214. The van der Waals surface area contributed by atoms with Crippen LogP contribution >= 0.6 is 11.6 Å². The third-order valence-corrected chi connectivity index (χ3v) is 4.82. The number of nitrogens with zero attached hydrogens (tertiary/aromatic N) is 1. The van der Waals surface area contributed by atoms with Crippen molar-refractivity contribution in [2.75, 3.05) is 0 Å². The molecule has 1 heterocycles. The van der Waals surface area contributed by atoms with Gasteiger partial charge in [0.25, 0.3) is 0 Å². The molecule has 0 aliphatic heterocycles. The highest BCUT2D eigenvalue weighted by molar-refractivity contribution is 7.89. The van der Waals surface area contributed by atoms with Crippen molar-refractivity contribution in [3.63, 3.8) is 0 Å². The van der Waals surface area contributed by atoms with Gasteiger partial charge in [0.05, 0.1) is 10.4 Å². The summed E-state index contributed by atoms with van der Waals surface area (Å²) >= 11 is 5.77. The molecule has 0 bridgehead atoms. The Bertz CT molecular complexity index is 683. The molecular formula is C14H15ClN2O2S. The summed E-state index contributed by atoms with van der Waals surface area (Å²) in [6.45, 7) is 3.58. The van der Waals surface area contributed by atoms with E-state index in [0.29, 0.717) is 5.02 Å². The Kier molecular flexibility index (Phi) is 4.13. The SMILES string of the molecule is CC(C)(NS(=O)(=O)c1ccc(Cl)cc1)c1cccnc1. The first-order valence-corrected chi connectivity index (χ1v) is 7.87. The lowest BCUT2D eigenvalue weighted by Crippen LogP contribution is -2.40. The van der Waals surface area contributed by atoms with Crippen molar-refractivity contribution in [1.82, 2.24) is 9.71 Å². The van der Waals surface area contributed by atoms with E-state index in [-0.39, 0.29) is 4.90 Å². The predicted octanol–water partition coefficient (Wildman–Crippen LogP) is 2.95. The van der Waals surface area contributed by atoms with Crippen LogP contribution < -0.4 is 4.72 Å². The Morgan fingerprint density at radius 2 is 1.80 bits per heavy atom. The molecule has 0 atom stereocenters. The summed E-state index contributed by atoms with van der Waals surface area (Å²) in [6.07, 6.45) is 3.29.